The second-order valence-corrected chi connectivity index (χ2v) is 8.41. The van der Waals surface area contributed by atoms with Crippen molar-refractivity contribution in [2.75, 3.05) is 19.6 Å². The molecule has 3 atom stereocenters. The van der Waals surface area contributed by atoms with Crippen molar-refractivity contribution in [1.29, 1.82) is 0 Å². The monoisotopic (exact) mass is 425 g/mol. The highest BCUT2D eigenvalue weighted by Gasteiger charge is 2.33. The average Bonchev–Trinajstić information content (AvgIpc) is 3.14. The van der Waals surface area contributed by atoms with Gasteiger partial charge in [-0.05, 0) is 36.1 Å². The number of aliphatic imine (C=N–C) groups is 1. The zero-order valence-electron chi connectivity index (χ0n) is 17.3. The number of carbonyl (C=O) groups excluding carboxylic acids is 1. The summed E-state index contributed by atoms with van der Waals surface area (Å²) in [7, 11) is 0. The van der Waals surface area contributed by atoms with Crippen LogP contribution in [0.5, 0.6) is 0 Å². The number of hydrogen-bond donors (Lipinski definition) is 1. The molecule has 1 fully saturated rings. The molecule has 2 heterocycles. The highest BCUT2D eigenvalue weighted by atomic mass is 35.5. The Labute approximate surface area is 183 Å². The van der Waals surface area contributed by atoms with E-state index in [1.54, 1.807) is 0 Å². The molecular formula is C24H28ClN3O2. The first-order chi connectivity index (χ1) is 14.6. The fourth-order valence-electron chi connectivity index (χ4n) is 4.33. The first-order valence-electron chi connectivity index (χ1n) is 10.6. The third kappa shape index (κ3) is 5.02. The van der Waals surface area contributed by atoms with E-state index in [0.717, 1.165) is 31.6 Å². The van der Waals surface area contributed by atoms with E-state index < -0.39 is 0 Å². The Morgan fingerprint density at radius 2 is 1.97 bits per heavy atom. The van der Waals surface area contributed by atoms with Gasteiger partial charge in [-0.25, -0.2) is 4.99 Å². The van der Waals surface area contributed by atoms with E-state index in [2.05, 4.69) is 34.6 Å². The Kier molecular flexibility index (Phi) is 6.70. The summed E-state index contributed by atoms with van der Waals surface area (Å²) in [5, 5.41) is 4.13. The van der Waals surface area contributed by atoms with Crippen LogP contribution in [0.15, 0.2) is 59.6 Å². The number of nitrogens with zero attached hydrogens (tertiary/aromatic N) is 2. The van der Waals surface area contributed by atoms with Crippen molar-refractivity contribution >= 4 is 23.4 Å². The number of nitrogens with one attached hydrogen (secondary N) is 1. The summed E-state index contributed by atoms with van der Waals surface area (Å²) in [4.78, 5) is 19.8. The molecule has 0 radical (unpaired) electrons. The minimum Gasteiger partial charge on any atom is -0.475 e. The molecule has 1 saturated heterocycles. The molecule has 2 aliphatic heterocycles. The van der Waals surface area contributed by atoms with Gasteiger partial charge in [-0.2, -0.15) is 0 Å². The van der Waals surface area contributed by atoms with Crippen LogP contribution < -0.4 is 5.32 Å². The number of hydrogen-bond acceptors (Lipinski definition) is 4. The fourth-order valence-corrected chi connectivity index (χ4v) is 4.45. The summed E-state index contributed by atoms with van der Waals surface area (Å²) in [6, 6.07) is 18.2. The highest BCUT2D eigenvalue weighted by molar-refractivity contribution is 6.30. The molecule has 2 aliphatic rings. The van der Waals surface area contributed by atoms with E-state index in [1.165, 1.54) is 5.56 Å². The van der Waals surface area contributed by atoms with E-state index in [4.69, 9.17) is 16.3 Å². The van der Waals surface area contributed by atoms with Crippen molar-refractivity contribution < 1.29 is 9.53 Å². The smallest absolute Gasteiger partial charge is 0.223 e. The number of ether oxygens (including phenoxy) is 1. The molecule has 30 heavy (non-hydrogen) atoms. The number of amides is 1. The SMILES string of the molecule is CC1=NC(c2ccc(Cl)cc2)C(CCC(=O)N2CCNC[C@H]2Cc2ccccc2)O1. The van der Waals surface area contributed by atoms with Gasteiger partial charge in [0.1, 0.15) is 12.1 Å². The predicted octanol–water partition coefficient (Wildman–Crippen LogP) is 4.02. The van der Waals surface area contributed by atoms with Gasteiger partial charge in [0.05, 0.1) is 0 Å². The maximum absolute atomic E-state index is 13.1. The van der Waals surface area contributed by atoms with Crippen LogP contribution in [0.25, 0.3) is 0 Å². The van der Waals surface area contributed by atoms with Gasteiger partial charge in [-0.15, -0.1) is 0 Å². The van der Waals surface area contributed by atoms with Crippen molar-refractivity contribution in [3.63, 3.8) is 0 Å². The standard InChI is InChI=1S/C24H28ClN3O2/c1-17-27-24(19-7-9-20(25)10-8-19)22(30-17)11-12-23(29)28-14-13-26-16-21(28)15-18-5-3-2-4-6-18/h2-10,21-22,24,26H,11-16H2,1H3/t21-,22?,24?/m1/s1. The zero-order valence-corrected chi connectivity index (χ0v) is 18.0. The lowest BCUT2D eigenvalue weighted by Gasteiger charge is -2.37. The van der Waals surface area contributed by atoms with Crippen LogP contribution in [0, 0.1) is 0 Å². The third-order valence-corrected chi connectivity index (χ3v) is 6.09. The third-order valence-electron chi connectivity index (χ3n) is 5.83. The minimum atomic E-state index is -0.120. The van der Waals surface area contributed by atoms with Crippen molar-refractivity contribution in [2.45, 2.75) is 44.4 Å². The second-order valence-electron chi connectivity index (χ2n) is 7.97. The highest BCUT2D eigenvalue weighted by Crippen LogP contribution is 2.32. The van der Waals surface area contributed by atoms with Gasteiger partial charge in [0.25, 0.3) is 0 Å². The Balaban J connectivity index is 1.38. The molecule has 2 aromatic carbocycles. The summed E-state index contributed by atoms with van der Waals surface area (Å²) in [5.74, 6) is 0.872. The molecule has 6 heteroatoms. The predicted molar refractivity (Wildman–Crippen MR) is 120 cm³/mol. The molecule has 0 aliphatic carbocycles. The molecule has 0 saturated carbocycles. The van der Waals surface area contributed by atoms with E-state index in [0.29, 0.717) is 23.8 Å². The van der Waals surface area contributed by atoms with E-state index in [-0.39, 0.29) is 24.1 Å². The van der Waals surface area contributed by atoms with Crippen LogP contribution in [0.4, 0.5) is 0 Å². The van der Waals surface area contributed by atoms with Gasteiger partial charge in [0.2, 0.25) is 5.91 Å². The summed E-state index contributed by atoms with van der Waals surface area (Å²) < 4.78 is 5.95. The van der Waals surface area contributed by atoms with Crippen LogP contribution >= 0.6 is 11.6 Å². The molecule has 2 aromatic rings. The van der Waals surface area contributed by atoms with Crippen LogP contribution in [0.2, 0.25) is 5.02 Å². The summed E-state index contributed by atoms with van der Waals surface area (Å²) in [6.45, 7) is 4.29. The number of piperazine rings is 1. The van der Waals surface area contributed by atoms with Gasteiger partial charge in [0.15, 0.2) is 5.90 Å². The lowest BCUT2D eigenvalue weighted by molar-refractivity contribution is -0.134. The van der Waals surface area contributed by atoms with Crippen molar-refractivity contribution in [1.82, 2.24) is 10.2 Å². The van der Waals surface area contributed by atoms with Crippen molar-refractivity contribution in [2.24, 2.45) is 4.99 Å². The second kappa shape index (κ2) is 9.63. The van der Waals surface area contributed by atoms with Crippen LogP contribution in [-0.4, -0.2) is 48.5 Å². The topological polar surface area (TPSA) is 53.9 Å². The fraction of sp³-hybridized carbons (Fsp3) is 0.417. The first-order valence-corrected chi connectivity index (χ1v) is 11.0. The lowest BCUT2D eigenvalue weighted by Crippen LogP contribution is -2.54. The van der Waals surface area contributed by atoms with Gasteiger partial charge in [-0.3, -0.25) is 4.79 Å². The number of halogens is 1. The Morgan fingerprint density at radius 3 is 2.73 bits per heavy atom. The summed E-state index contributed by atoms with van der Waals surface area (Å²) in [5.41, 5.74) is 2.33. The molecule has 0 bridgehead atoms. The molecule has 1 amide bonds. The van der Waals surface area contributed by atoms with Gasteiger partial charge in [0, 0.05) is 44.0 Å². The molecule has 1 N–H and O–H groups in total. The van der Waals surface area contributed by atoms with Crippen LogP contribution in [0.1, 0.15) is 36.9 Å². The number of carbonyl (C=O) groups is 1. The maximum atomic E-state index is 13.1. The largest absolute Gasteiger partial charge is 0.475 e. The number of benzene rings is 2. The summed E-state index contributed by atoms with van der Waals surface area (Å²) >= 11 is 6.02. The normalized spacial score (nSPS) is 23.7. The van der Waals surface area contributed by atoms with E-state index >= 15 is 0 Å². The summed E-state index contributed by atoms with van der Waals surface area (Å²) in [6.07, 6.45) is 1.86. The van der Waals surface area contributed by atoms with Gasteiger partial charge >= 0.3 is 0 Å². The van der Waals surface area contributed by atoms with Crippen molar-refractivity contribution in [3.8, 4) is 0 Å². The number of rotatable bonds is 6. The Bertz CT molecular complexity index is 885. The Hall–Kier alpha value is -2.37. The van der Waals surface area contributed by atoms with Crippen LogP contribution in [0.3, 0.4) is 0 Å². The molecule has 158 valence electrons. The first kappa shape index (κ1) is 20.9. The van der Waals surface area contributed by atoms with E-state index in [9.17, 15) is 4.79 Å². The quantitative estimate of drug-likeness (QED) is 0.760. The van der Waals surface area contributed by atoms with E-state index in [1.807, 2.05) is 42.2 Å². The molecule has 4 rings (SSSR count). The molecule has 5 nitrogen and oxygen atoms in total. The van der Waals surface area contributed by atoms with Gasteiger partial charge in [-0.1, -0.05) is 54.1 Å². The maximum Gasteiger partial charge on any atom is 0.223 e. The molecule has 2 unspecified atom stereocenters. The zero-order chi connectivity index (χ0) is 20.9. The van der Waals surface area contributed by atoms with Crippen molar-refractivity contribution in [3.05, 3.63) is 70.7 Å². The Morgan fingerprint density at radius 1 is 1.20 bits per heavy atom. The molecule has 0 aromatic heterocycles. The average molecular weight is 426 g/mol. The van der Waals surface area contributed by atoms with Gasteiger partial charge < -0.3 is 15.0 Å². The molecule has 0 spiro atoms. The molecular weight excluding hydrogens is 398 g/mol. The lowest BCUT2D eigenvalue weighted by atomic mass is 9.98. The van der Waals surface area contributed by atoms with Crippen LogP contribution in [-0.2, 0) is 16.0 Å². The minimum absolute atomic E-state index is 0.0850.